The van der Waals surface area contributed by atoms with Crippen LogP contribution in [0, 0.1) is 0 Å². The number of pyridine rings is 1. The summed E-state index contributed by atoms with van der Waals surface area (Å²) in [6, 6.07) is 2.13. The largest absolute Gasteiger partial charge is 0.480 e. The highest BCUT2D eigenvalue weighted by Gasteiger charge is 2.16. The van der Waals surface area contributed by atoms with Crippen molar-refractivity contribution in [3.05, 3.63) is 24.0 Å². The van der Waals surface area contributed by atoms with Crippen LogP contribution in [0.15, 0.2) is 18.3 Å². The Morgan fingerprint density at radius 3 is 2.67 bits per heavy atom. The number of carbonyl (C=O) groups is 2. The zero-order valence-corrected chi connectivity index (χ0v) is 7.97. The molecule has 0 saturated heterocycles. The fourth-order valence-electron chi connectivity index (χ4n) is 0.987. The van der Waals surface area contributed by atoms with E-state index in [0.717, 1.165) is 0 Å². The number of aromatic carboxylic acids is 1. The summed E-state index contributed by atoms with van der Waals surface area (Å²) in [5.41, 5.74) is 0.00509. The van der Waals surface area contributed by atoms with Gasteiger partial charge in [-0.25, -0.2) is 9.78 Å². The highest BCUT2D eigenvalue weighted by molar-refractivity contribution is 5.92. The van der Waals surface area contributed by atoms with Gasteiger partial charge in [-0.05, 0) is 19.1 Å². The van der Waals surface area contributed by atoms with E-state index in [-0.39, 0.29) is 11.4 Å². The third kappa shape index (κ3) is 2.67. The number of carboxylic acid groups (broad SMARTS) is 2. The van der Waals surface area contributed by atoms with Crippen molar-refractivity contribution in [2.75, 3.05) is 5.32 Å². The summed E-state index contributed by atoms with van der Waals surface area (Å²) in [5.74, 6) is -2.26. The second kappa shape index (κ2) is 4.41. The van der Waals surface area contributed by atoms with Gasteiger partial charge in [-0.15, -0.1) is 0 Å². The van der Waals surface area contributed by atoms with Crippen molar-refractivity contribution in [3.8, 4) is 0 Å². The highest BCUT2D eigenvalue weighted by atomic mass is 16.4. The van der Waals surface area contributed by atoms with Gasteiger partial charge in [0, 0.05) is 6.20 Å². The molecule has 15 heavy (non-hydrogen) atoms. The first kappa shape index (κ1) is 11.0. The summed E-state index contributed by atoms with van der Waals surface area (Å²) in [5, 5.41) is 20.0. The Bertz CT molecular complexity index is 391. The van der Waals surface area contributed by atoms with Crippen LogP contribution >= 0.6 is 0 Å². The van der Waals surface area contributed by atoms with E-state index in [4.69, 9.17) is 10.2 Å². The Hall–Kier alpha value is -2.11. The maximum absolute atomic E-state index is 10.7. The molecule has 1 aromatic heterocycles. The van der Waals surface area contributed by atoms with E-state index in [2.05, 4.69) is 10.3 Å². The number of hydrogen-bond donors (Lipinski definition) is 3. The standard InChI is InChI=1S/C9H10N2O4/c1-5(8(12)13)11-6-3-2-4-10-7(6)9(14)15/h2-5,11H,1H3,(H,12,13)(H,14,15)/t5-/m0/s1. The summed E-state index contributed by atoms with van der Waals surface area (Å²) >= 11 is 0. The molecule has 0 unspecified atom stereocenters. The van der Waals surface area contributed by atoms with E-state index >= 15 is 0 Å². The molecule has 0 aliphatic rings. The van der Waals surface area contributed by atoms with Crippen LogP contribution in [0.5, 0.6) is 0 Å². The first-order valence-electron chi connectivity index (χ1n) is 4.20. The molecule has 80 valence electrons. The Morgan fingerprint density at radius 2 is 2.13 bits per heavy atom. The van der Waals surface area contributed by atoms with Crippen LogP contribution in [0.25, 0.3) is 0 Å². The quantitative estimate of drug-likeness (QED) is 0.675. The molecule has 0 aliphatic carbocycles. The lowest BCUT2D eigenvalue weighted by Crippen LogP contribution is -2.26. The third-order valence-electron chi connectivity index (χ3n) is 1.75. The minimum Gasteiger partial charge on any atom is -0.480 e. The molecule has 0 bridgehead atoms. The fraction of sp³-hybridized carbons (Fsp3) is 0.222. The van der Waals surface area contributed by atoms with E-state index in [1.165, 1.54) is 25.3 Å². The predicted octanol–water partition coefficient (Wildman–Crippen LogP) is 0.665. The van der Waals surface area contributed by atoms with E-state index in [1.54, 1.807) is 0 Å². The second-order valence-electron chi connectivity index (χ2n) is 2.91. The maximum atomic E-state index is 10.7. The van der Waals surface area contributed by atoms with Crippen molar-refractivity contribution in [1.82, 2.24) is 4.98 Å². The zero-order chi connectivity index (χ0) is 11.4. The van der Waals surface area contributed by atoms with Crippen LogP contribution in [-0.4, -0.2) is 33.2 Å². The topological polar surface area (TPSA) is 99.5 Å². The molecule has 6 nitrogen and oxygen atoms in total. The molecule has 0 fully saturated rings. The smallest absolute Gasteiger partial charge is 0.356 e. The summed E-state index contributed by atoms with van der Waals surface area (Å²) in [6.45, 7) is 1.42. The van der Waals surface area contributed by atoms with Crippen LogP contribution in [0.2, 0.25) is 0 Å². The van der Waals surface area contributed by atoms with Crippen molar-refractivity contribution < 1.29 is 19.8 Å². The minimum absolute atomic E-state index is 0.189. The molecule has 6 heteroatoms. The third-order valence-corrected chi connectivity index (χ3v) is 1.75. The number of carboxylic acids is 2. The van der Waals surface area contributed by atoms with Crippen molar-refractivity contribution in [2.45, 2.75) is 13.0 Å². The number of nitrogens with zero attached hydrogens (tertiary/aromatic N) is 1. The second-order valence-corrected chi connectivity index (χ2v) is 2.91. The lowest BCUT2D eigenvalue weighted by Gasteiger charge is -2.11. The van der Waals surface area contributed by atoms with Gasteiger partial charge in [0.05, 0.1) is 5.69 Å². The van der Waals surface area contributed by atoms with E-state index < -0.39 is 18.0 Å². The number of nitrogens with one attached hydrogen (secondary N) is 1. The minimum atomic E-state index is -1.20. The average molecular weight is 210 g/mol. The van der Waals surface area contributed by atoms with Gasteiger partial charge in [0.15, 0.2) is 5.69 Å². The first-order chi connectivity index (χ1) is 7.02. The maximum Gasteiger partial charge on any atom is 0.356 e. The Kier molecular flexibility index (Phi) is 3.22. The predicted molar refractivity (Wildman–Crippen MR) is 51.9 cm³/mol. The number of anilines is 1. The molecular formula is C9H10N2O4. The van der Waals surface area contributed by atoms with Crippen molar-refractivity contribution >= 4 is 17.6 Å². The molecule has 0 amide bonds. The van der Waals surface area contributed by atoms with Crippen LogP contribution < -0.4 is 5.32 Å². The highest BCUT2D eigenvalue weighted by Crippen LogP contribution is 2.13. The van der Waals surface area contributed by atoms with Crippen molar-refractivity contribution in [3.63, 3.8) is 0 Å². The van der Waals surface area contributed by atoms with E-state index in [0.29, 0.717) is 0 Å². The molecule has 0 saturated carbocycles. The molecule has 0 spiro atoms. The molecule has 1 rings (SSSR count). The van der Waals surface area contributed by atoms with Gasteiger partial charge >= 0.3 is 11.9 Å². The van der Waals surface area contributed by atoms with Gasteiger partial charge in [-0.2, -0.15) is 0 Å². The molecule has 0 radical (unpaired) electrons. The van der Waals surface area contributed by atoms with Gasteiger partial charge in [-0.3, -0.25) is 4.79 Å². The number of hydrogen-bond acceptors (Lipinski definition) is 4. The number of rotatable bonds is 4. The first-order valence-corrected chi connectivity index (χ1v) is 4.20. The van der Waals surface area contributed by atoms with E-state index in [9.17, 15) is 9.59 Å². The average Bonchev–Trinajstić information content (AvgIpc) is 2.18. The van der Waals surface area contributed by atoms with E-state index in [1.807, 2.05) is 0 Å². The Morgan fingerprint density at radius 1 is 1.47 bits per heavy atom. The lowest BCUT2D eigenvalue weighted by atomic mass is 10.2. The van der Waals surface area contributed by atoms with Crippen LogP contribution in [-0.2, 0) is 4.79 Å². The fourth-order valence-corrected chi connectivity index (χ4v) is 0.987. The lowest BCUT2D eigenvalue weighted by molar-refractivity contribution is -0.137. The summed E-state index contributed by atoms with van der Waals surface area (Å²) in [6.07, 6.45) is 1.33. The van der Waals surface area contributed by atoms with Crippen LogP contribution in [0.3, 0.4) is 0 Å². The summed E-state index contributed by atoms with van der Waals surface area (Å²) < 4.78 is 0. The molecular weight excluding hydrogens is 200 g/mol. The summed E-state index contributed by atoms with van der Waals surface area (Å²) in [7, 11) is 0. The van der Waals surface area contributed by atoms with Gasteiger partial charge in [0.25, 0.3) is 0 Å². The summed E-state index contributed by atoms with van der Waals surface area (Å²) in [4.78, 5) is 24.9. The molecule has 1 heterocycles. The SMILES string of the molecule is C[C@H](Nc1cccnc1C(=O)O)C(=O)O. The van der Waals surface area contributed by atoms with Gasteiger partial charge in [0.2, 0.25) is 0 Å². The molecule has 3 N–H and O–H groups in total. The number of aliphatic carboxylic acids is 1. The molecule has 1 atom stereocenters. The molecule has 0 aliphatic heterocycles. The Balaban J connectivity index is 2.94. The molecule has 1 aromatic rings. The molecule has 0 aromatic carbocycles. The monoisotopic (exact) mass is 210 g/mol. The van der Waals surface area contributed by atoms with Crippen molar-refractivity contribution in [1.29, 1.82) is 0 Å². The van der Waals surface area contributed by atoms with Crippen LogP contribution in [0.4, 0.5) is 5.69 Å². The normalized spacial score (nSPS) is 11.8. The Labute approximate surface area is 85.6 Å². The van der Waals surface area contributed by atoms with Crippen LogP contribution in [0.1, 0.15) is 17.4 Å². The number of aromatic nitrogens is 1. The van der Waals surface area contributed by atoms with Crippen molar-refractivity contribution in [2.24, 2.45) is 0 Å². The zero-order valence-electron chi connectivity index (χ0n) is 7.97. The van der Waals surface area contributed by atoms with Gasteiger partial charge in [-0.1, -0.05) is 0 Å². The van der Waals surface area contributed by atoms with Gasteiger partial charge in [0.1, 0.15) is 6.04 Å². The van der Waals surface area contributed by atoms with Gasteiger partial charge < -0.3 is 15.5 Å².